The van der Waals surface area contributed by atoms with E-state index in [1.807, 2.05) is 36.4 Å². The molecule has 0 aliphatic rings. The van der Waals surface area contributed by atoms with Crippen LogP contribution in [-0.2, 0) is 6.42 Å². The number of carbonyl (C=O) groups excluding carboxylic acids is 1. The van der Waals surface area contributed by atoms with Crippen LogP contribution in [-0.4, -0.2) is 17.4 Å². The number of rotatable bonds is 7. The summed E-state index contributed by atoms with van der Waals surface area (Å²) in [5, 5.41) is 0. The van der Waals surface area contributed by atoms with Crippen molar-refractivity contribution in [2.75, 3.05) is 6.61 Å². The molecule has 0 saturated heterocycles. The minimum Gasteiger partial charge on any atom is -0.494 e. The Labute approximate surface area is 119 Å². The van der Waals surface area contributed by atoms with E-state index in [1.165, 1.54) is 0 Å². The first-order valence-corrected chi connectivity index (χ1v) is 6.94. The number of pyridine rings is 1. The van der Waals surface area contributed by atoms with Crippen LogP contribution < -0.4 is 4.74 Å². The van der Waals surface area contributed by atoms with Gasteiger partial charge in [-0.15, -0.1) is 0 Å². The largest absolute Gasteiger partial charge is 0.494 e. The summed E-state index contributed by atoms with van der Waals surface area (Å²) in [4.78, 5) is 16.1. The number of aromatic nitrogens is 1. The Balaban J connectivity index is 1.94. The summed E-state index contributed by atoms with van der Waals surface area (Å²) in [6.45, 7) is 2.85. The van der Waals surface area contributed by atoms with E-state index in [-0.39, 0.29) is 5.78 Å². The lowest BCUT2D eigenvalue weighted by atomic mass is 10.0. The molecule has 3 nitrogen and oxygen atoms in total. The summed E-state index contributed by atoms with van der Waals surface area (Å²) in [5.41, 5.74) is 1.64. The summed E-state index contributed by atoms with van der Waals surface area (Å²) in [6.07, 6.45) is 5.96. The number of Topliss-reactive ketones (excluding diaryl/α,β-unsaturated/α-hetero) is 1. The molecule has 1 aromatic carbocycles. The second-order valence-electron chi connectivity index (χ2n) is 4.69. The zero-order valence-electron chi connectivity index (χ0n) is 11.7. The van der Waals surface area contributed by atoms with Crippen LogP contribution in [0.4, 0.5) is 0 Å². The highest BCUT2D eigenvalue weighted by molar-refractivity contribution is 5.97. The highest BCUT2D eigenvalue weighted by Crippen LogP contribution is 2.14. The SMILES string of the molecule is CCCCOc1ccc(C(=O)Cc2cccnc2)cc1. The lowest BCUT2D eigenvalue weighted by Gasteiger charge is -2.06. The van der Waals surface area contributed by atoms with Crippen molar-refractivity contribution in [3.05, 3.63) is 59.9 Å². The van der Waals surface area contributed by atoms with Gasteiger partial charge in [-0.1, -0.05) is 19.4 Å². The van der Waals surface area contributed by atoms with E-state index in [1.54, 1.807) is 12.4 Å². The fraction of sp³-hybridized carbons (Fsp3) is 0.294. The molecule has 1 heterocycles. The molecule has 0 aliphatic heterocycles. The van der Waals surface area contributed by atoms with Gasteiger partial charge < -0.3 is 4.74 Å². The van der Waals surface area contributed by atoms with Gasteiger partial charge in [0.2, 0.25) is 0 Å². The van der Waals surface area contributed by atoms with Gasteiger partial charge >= 0.3 is 0 Å². The van der Waals surface area contributed by atoms with Gasteiger partial charge in [-0.25, -0.2) is 0 Å². The van der Waals surface area contributed by atoms with Crippen molar-refractivity contribution in [3.63, 3.8) is 0 Å². The molecule has 0 unspecified atom stereocenters. The minimum absolute atomic E-state index is 0.0955. The van der Waals surface area contributed by atoms with E-state index in [0.29, 0.717) is 12.0 Å². The quantitative estimate of drug-likeness (QED) is 0.568. The first kappa shape index (κ1) is 14.3. The number of benzene rings is 1. The summed E-state index contributed by atoms with van der Waals surface area (Å²) < 4.78 is 5.58. The summed E-state index contributed by atoms with van der Waals surface area (Å²) in [7, 11) is 0. The first-order valence-electron chi connectivity index (χ1n) is 6.94. The molecule has 20 heavy (non-hydrogen) atoms. The van der Waals surface area contributed by atoms with E-state index in [0.717, 1.165) is 30.8 Å². The smallest absolute Gasteiger partial charge is 0.167 e. The van der Waals surface area contributed by atoms with Crippen molar-refractivity contribution in [2.24, 2.45) is 0 Å². The predicted octanol–water partition coefficient (Wildman–Crippen LogP) is 3.69. The van der Waals surface area contributed by atoms with Gasteiger partial charge in [0.1, 0.15) is 5.75 Å². The monoisotopic (exact) mass is 269 g/mol. The average Bonchev–Trinajstić information content (AvgIpc) is 2.49. The Kier molecular flexibility index (Phi) is 5.30. The molecule has 2 aromatic rings. The van der Waals surface area contributed by atoms with Crippen molar-refractivity contribution < 1.29 is 9.53 Å². The standard InChI is InChI=1S/C17H19NO2/c1-2-3-11-20-16-8-6-15(7-9-16)17(19)12-14-5-4-10-18-13-14/h4-10,13H,2-3,11-12H2,1H3. The van der Waals surface area contributed by atoms with Crippen LogP contribution in [0.25, 0.3) is 0 Å². The molecular weight excluding hydrogens is 250 g/mol. The third-order valence-corrected chi connectivity index (χ3v) is 3.03. The van der Waals surface area contributed by atoms with Crippen LogP contribution >= 0.6 is 0 Å². The van der Waals surface area contributed by atoms with Crippen LogP contribution in [0.5, 0.6) is 5.75 Å². The van der Waals surface area contributed by atoms with Gasteiger partial charge in [0, 0.05) is 24.4 Å². The first-order chi connectivity index (χ1) is 9.79. The summed E-state index contributed by atoms with van der Waals surface area (Å²) in [6, 6.07) is 11.1. The van der Waals surface area contributed by atoms with E-state index >= 15 is 0 Å². The molecule has 0 amide bonds. The molecule has 1 aromatic heterocycles. The Morgan fingerprint density at radius 2 is 2.00 bits per heavy atom. The maximum Gasteiger partial charge on any atom is 0.167 e. The molecule has 0 aliphatic carbocycles. The number of hydrogen-bond donors (Lipinski definition) is 0. The zero-order valence-corrected chi connectivity index (χ0v) is 11.7. The molecule has 0 bridgehead atoms. The fourth-order valence-electron chi connectivity index (χ4n) is 1.86. The predicted molar refractivity (Wildman–Crippen MR) is 79.1 cm³/mol. The number of nitrogens with zero attached hydrogens (tertiary/aromatic N) is 1. The second kappa shape index (κ2) is 7.43. The molecule has 3 heteroatoms. The third-order valence-electron chi connectivity index (χ3n) is 3.03. The van der Waals surface area contributed by atoms with Crippen molar-refractivity contribution in [2.45, 2.75) is 26.2 Å². The van der Waals surface area contributed by atoms with Gasteiger partial charge in [-0.2, -0.15) is 0 Å². The van der Waals surface area contributed by atoms with Crippen LogP contribution in [0.2, 0.25) is 0 Å². The van der Waals surface area contributed by atoms with E-state index in [2.05, 4.69) is 11.9 Å². The fourth-order valence-corrected chi connectivity index (χ4v) is 1.86. The van der Waals surface area contributed by atoms with E-state index in [4.69, 9.17) is 4.74 Å². The van der Waals surface area contributed by atoms with Crippen molar-refractivity contribution in [1.82, 2.24) is 4.98 Å². The molecule has 0 fully saturated rings. The zero-order chi connectivity index (χ0) is 14.2. The summed E-state index contributed by atoms with van der Waals surface area (Å²) in [5.74, 6) is 0.912. The molecule has 104 valence electrons. The van der Waals surface area contributed by atoms with Crippen molar-refractivity contribution in [3.8, 4) is 5.75 Å². The minimum atomic E-state index is 0.0955. The Bertz CT molecular complexity index is 535. The Morgan fingerprint density at radius 1 is 1.20 bits per heavy atom. The Morgan fingerprint density at radius 3 is 2.65 bits per heavy atom. The maximum atomic E-state index is 12.1. The number of carbonyl (C=O) groups is 1. The molecule has 0 N–H and O–H groups in total. The molecule has 0 saturated carbocycles. The number of ketones is 1. The average molecular weight is 269 g/mol. The van der Waals surface area contributed by atoms with E-state index in [9.17, 15) is 4.79 Å². The third kappa shape index (κ3) is 4.19. The van der Waals surface area contributed by atoms with Crippen LogP contribution in [0.15, 0.2) is 48.8 Å². The topological polar surface area (TPSA) is 39.2 Å². The maximum absolute atomic E-state index is 12.1. The highest BCUT2D eigenvalue weighted by atomic mass is 16.5. The number of ether oxygens (including phenoxy) is 1. The number of hydrogen-bond acceptors (Lipinski definition) is 3. The van der Waals surface area contributed by atoms with Crippen LogP contribution in [0.3, 0.4) is 0 Å². The second-order valence-corrected chi connectivity index (χ2v) is 4.69. The molecular formula is C17H19NO2. The molecule has 2 rings (SSSR count). The van der Waals surface area contributed by atoms with Crippen molar-refractivity contribution >= 4 is 5.78 Å². The lowest BCUT2D eigenvalue weighted by Crippen LogP contribution is -2.04. The lowest BCUT2D eigenvalue weighted by molar-refractivity contribution is 0.0993. The molecule has 0 spiro atoms. The van der Waals surface area contributed by atoms with Crippen LogP contribution in [0.1, 0.15) is 35.7 Å². The normalized spacial score (nSPS) is 10.2. The van der Waals surface area contributed by atoms with Gasteiger partial charge in [0.15, 0.2) is 5.78 Å². The van der Waals surface area contributed by atoms with Crippen LogP contribution in [0, 0.1) is 0 Å². The van der Waals surface area contributed by atoms with Gasteiger partial charge in [-0.3, -0.25) is 9.78 Å². The molecule has 0 atom stereocenters. The Hall–Kier alpha value is -2.16. The summed E-state index contributed by atoms with van der Waals surface area (Å²) >= 11 is 0. The van der Waals surface area contributed by atoms with Gasteiger partial charge in [0.25, 0.3) is 0 Å². The molecule has 0 radical (unpaired) electrons. The highest BCUT2D eigenvalue weighted by Gasteiger charge is 2.07. The van der Waals surface area contributed by atoms with Gasteiger partial charge in [-0.05, 0) is 42.3 Å². The van der Waals surface area contributed by atoms with Gasteiger partial charge in [0.05, 0.1) is 6.61 Å². The van der Waals surface area contributed by atoms with Crippen molar-refractivity contribution in [1.29, 1.82) is 0 Å². The van der Waals surface area contributed by atoms with E-state index < -0.39 is 0 Å². The number of unbranched alkanes of at least 4 members (excludes halogenated alkanes) is 1.